The van der Waals surface area contributed by atoms with Gasteiger partial charge in [0.15, 0.2) is 0 Å². The van der Waals surface area contributed by atoms with Crippen molar-refractivity contribution in [1.82, 2.24) is 40.1 Å². The first-order valence-corrected chi connectivity index (χ1v) is 17.6. The van der Waals surface area contributed by atoms with Gasteiger partial charge in [-0.05, 0) is 80.2 Å². The number of nitrogens with one attached hydrogen (secondary N) is 5. The second-order valence-corrected chi connectivity index (χ2v) is 12.9. The van der Waals surface area contributed by atoms with Crippen molar-refractivity contribution in [3.8, 4) is 0 Å². The van der Waals surface area contributed by atoms with Crippen molar-refractivity contribution in [1.29, 1.82) is 0 Å². The van der Waals surface area contributed by atoms with E-state index >= 15 is 0 Å². The van der Waals surface area contributed by atoms with E-state index in [2.05, 4.69) is 59.0 Å². The largest absolute Gasteiger partial charge is 0.365 e. The average Bonchev–Trinajstić information content (AvgIpc) is 3.19. The van der Waals surface area contributed by atoms with Crippen molar-refractivity contribution in [2.45, 2.75) is 37.8 Å². The van der Waals surface area contributed by atoms with Gasteiger partial charge in [-0.25, -0.2) is 19.9 Å². The zero-order valence-electron chi connectivity index (χ0n) is 28.9. The SMILES string of the molecule is C=CC(=O)Cl.C=CC(=O)N1CCC[C@@H](Nc2ncnc3[nH]c4ccccc4c(=O)c23)C1.O=c1c2ccccc2[nH]c2ncnc(N[C@@H]3CCCNC3)c12. The van der Waals surface area contributed by atoms with Crippen LogP contribution in [0.2, 0.25) is 0 Å². The lowest BCUT2D eigenvalue weighted by atomic mass is 10.1. The van der Waals surface area contributed by atoms with Crippen LogP contribution in [0.25, 0.3) is 43.9 Å². The van der Waals surface area contributed by atoms with Gasteiger partial charge in [-0.3, -0.25) is 19.2 Å². The highest BCUT2D eigenvalue weighted by atomic mass is 35.5. The summed E-state index contributed by atoms with van der Waals surface area (Å²) >= 11 is 4.71. The van der Waals surface area contributed by atoms with Crippen LogP contribution in [0.1, 0.15) is 25.7 Å². The fourth-order valence-electron chi connectivity index (χ4n) is 6.50. The molecule has 6 heterocycles. The van der Waals surface area contributed by atoms with Crippen LogP contribution in [-0.4, -0.2) is 84.2 Å². The number of aromatic amines is 2. The first-order chi connectivity index (χ1) is 25.8. The average molecular weight is 735 g/mol. The van der Waals surface area contributed by atoms with Gasteiger partial charge < -0.3 is 30.8 Å². The Morgan fingerprint density at radius 2 is 1.30 bits per heavy atom. The first-order valence-electron chi connectivity index (χ1n) is 17.3. The number of carbonyl (C=O) groups is 2. The number of piperidine rings is 2. The minimum atomic E-state index is -0.509. The van der Waals surface area contributed by atoms with Gasteiger partial charge in [-0.15, -0.1) is 0 Å². The fraction of sp³-hybridized carbons (Fsp3) is 0.263. The highest BCUT2D eigenvalue weighted by molar-refractivity contribution is 6.66. The quantitative estimate of drug-likeness (QED) is 0.0911. The van der Waals surface area contributed by atoms with E-state index in [4.69, 9.17) is 11.6 Å². The van der Waals surface area contributed by atoms with E-state index < -0.39 is 5.24 Å². The molecule has 53 heavy (non-hydrogen) atoms. The maximum Gasteiger partial charge on any atom is 0.246 e. The van der Waals surface area contributed by atoms with E-state index in [1.165, 1.54) is 18.7 Å². The predicted molar refractivity (Wildman–Crippen MR) is 209 cm³/mol. The molecule has 2 aliphatic heterocycles. The van der Waals surface area contributed by atoms with E-state index in [0.717, 1.165) is 62.4 Å². The molecular formula is C38H39ClN10O4. The summed E-state index contributed by atoms with van der Waals surface area (Å²) in [6.07, 6.45) is 9.29. The lowest BCUT2D eigenvalue weighted by Gasteiger charge is -2.32. The molecule has 0 unspecified atom stereocenters. The maximum absolute atomic E-state index is 13.0. The molecular weight excluding hydrogens is 696 g/mol. The minimum absolute atomic E-state index is 0.0246. The third kappa shape index (κ3) is 8.56. The van der Waals surface area contributed by atoms with E-state index in [1.54, 1.807) is 11.0 Å². The van der Waals surface area contributed by atoms with Crippen LogP contribution in [0.3, 0.4) is 0 Å². The maximum atomic E-state index is 13.0. The van der Waals surface area contributed by atoms with Gasteiger partial charge in [0.05, 0.1) is 11.0 Å². The summed E-state index contributed by atoms with van der Waals surface area (Å²) in [4.78, 5) is 72.3. The number of hydrogen-bond donors (Lipinski definition) is 5. The van der Waals surface area contributed by atoms with Gasteiger partial charge in [0.25, 0.3) is 0 Å². The number of H-pyrrole nitrogens is 2. The molecule has 272 valence electrons. The number of likely N-dealkylation sites (tertiary alicyclic amines) is 1. The molecule has 5 N–H and O–H groups in total. The van der Waals surface area contributed by atoms with Crippen LogP contribution in [-0.2, 0) is 9.59 Å². The number of para-hydroxylation sites is 2. The molecule has 2 atom stereocenters. The zero-order chi connectivity index (χ0) is 37.3. The Balaban J connectivity index is 0.000000163. The van der Waals surface area contributed by atoms with Crippen LogP contribution >= 0.6 is 11.6 Å². The van der Waals surface area contributed by atoms with Crippen LogP contribution in [0.4, 0.5) is 11.6 Å². The summed E-state index contributed by atoms with van der Waals surface area (Å²) in [6, 6.07) is 15.1. The number of benzene rings is 2. The van der Waals surface area contributed by atoms with Crippen LogP contribution in [0.15, 0.2) is 96.1 Å². The number of amides is 1. The van der Waals surface area contributed by atoms with Gasteiger partial charge in [0.2, 0.25) is 22.0 Å². The van der Waals surface area contributed by atoms with Crippen molar-refractivity contribution in [3.05, 3.63) is 107 Å². The van der Waals surface area contributed by atoms with Crippen LogP contribution in [0.5, 0.6) is 0 Å². The monoisotopic (exact) mass is 734 g/mol. The number of nitrogens with zero attached hydrogens (tertiary/aromatic N) is 5. The second-order valence-electron chi connectivity index (χ2n) is 12.6. The predicted octanol–water partition coefficient (Wildman–Crippen LogP) is 4.63. The molecule has 2 aliphatic rings. The summed E-state index contributed by atoms with van der Waals surface area (Å²) in [5, 5.41) is 11.8. The molecule has 0 bridgehead atoms. The highest BCUT2D eigenvalue weighted by Crippen LogP contribution is 2.22. The normalized spacial score (nSPS) is 16.9. The molecule has 4 aromatic heterocycles. The third-order valence-electron chi connectivity index (χ3n) is 9.04. The summed E-state index contributed by atoms with van der Waals surface area (Å²) in [6.45, 7) is 9.84. The molecule has 2 saturated heterocycles. The Labute approximate surface area is 308 Å². The molecule has 15 heteroatoms. The number of halogens is 1. The molecule has 0 radical (unpaired) electrons. The number of allylic oxidation sites excluding steroid dienone is 1. The standard InChI is InChI=1S/C19H19N5O2.C16H17N5O.C3H3ClO/c1-2-15(25)24-9-5-6-12(10-24)22-18-16-17(26)13-7-3-4-8-14(13)23-19(16)21-11-20-18;22-14-11-5-1-2-6-12(11)21-16-13(14)15(18-9-19-16)20-10-4-3-7-17-8-10;1-2-3(4)5/h2-4,7-8,11-12H,1,5-6,9-10H2,(H2,20,21,22,23,26);1-2,5-6,9-10,17H,3-4,7-8H2,(H2,18,19,20,21,22);2H,1H2/t12-;10-;/m11./s1. The summed E-state index contributed by atoms with van der Waals surface area (Å²) in [7, 11) is 0. The number of rotatable bonds is 6. The Bertz CT molecular complexity index is 2430. The van der Waals surface area contributed by atoms with Gasteiger partial charge in [-0.2, -0.15) is 0 Å². The Morgan fingerprint density at radius 1 is 0.774 bits per heavy atom. The minimum Gasteiger partial charge on any atom is -0.365 e. The molecule has 6 aromatic rings. The number of anilines is 2. The Morgan fingerprint density at radius 3 is 1.81 bits per heavy atom. The molecule has 8 rings (SSSR count). The molecule has 1 amide bonds. The number of fused-ring (bicyclic) bond motifs is 4. The topological polar surface area (TPSA) is 191 Å². The second kappa shape index (κ2) is 17.0. The molecule has 0 saturated carbocycles. The smallest absolute Gasteiger partial charge is 0.246 e. The van der Waals surface area contributed by atoms with Gasteiger partial charge in [0, 0.05) is 42.5 Å². The molecule has 2 aromatic carbocycles. The lowest BCUT2D eigenvalue weighted by Crippen LogP contribution is -2.44. The van der Waals surface area contributed by atoms with Crippen molar-refractivity contribution in [3.63, 3.8) is 0 Å². The molecule has 0 aliphatic carbocycles. The van der Waals surface area contributed by atoms with E-state index in [9.17, 15) is 19.2 Å². The van der Waals surface area contributed by atoms with E-state index in [0.29, 0.717) is 51.0 Å². The van der Waals surface area contributed by atoms with Gasteiger partial charge >= 0.3 is 0 Å². The molecule has 2 fully saturated rings. The molecule has 0 spiro atoms. The number of aromatic nitrogens is 6. The fourth-order valence-corrected chi connectivity index (χ4v) is 6.50. The Kier molecular flexibility index (Phi) is 11.8. The van der Waals surface area contributed by atoms with E-state index in [-0.39, 0.29) is 28.8 Å². The zero-order valence-corrected chi connectivity index (χ0v) is 29.7. The summed E-state index contributed by atoms with van der Waals surface area (Å²) in [5.41, 5.74) is 2.48. The summed E-state index contributed by atoms with van der Waals surface area (Å²) in [5.74, 6) is 1.04. The van der Waals surface area contributed by atoms with Gasteiger partial charge in [-0.1, -0.05) is 37.4 Å². The third-order valence-corrected chi connectivity index (χ3v) is 9.20. The first kappa shape index (κ1) is 36.8. The number of pyridine rings is 2. The number of carbonyl (C=O) groups excluding carboxylic acids is 2. The van der Waals surface area contributed by atoms with Crippen LogP contribution in [0, 0.1) is 0 Å². The van der Waals surface area contributed by atoms with Crippen molar-refractivity contribution >= 4 is 78.3 Å². The molecule has 14 nitrogen and oxygen atoms in total. The Hall–Kier alpha value is -5.99. The van der Waals surface area contributed by atoms with E-state index in [1.807, 2.05) is 42.5 Å². The lowest BCUT2D eigenvalue weighted by molar-refractivity contribution is -0.127. The van der Waals surface area contributed by atoms with Gasteiger partial charge in [0.1, 0.15) is 46.4 Å². The van der Waals surface area contributed by atoms with Crippen molar-refractivity contribution < 1.29 is 9.59 Å². The number of hydrogen-bond acceptors (Lipinski definition) is 11. The summed E-state index contributed by atoms with van der Waals surface area (Å²) < 4.78 is 0. The highest BCUT2D eigenvalue weighted by Gasteiger charge is 2.24. The van der Waals surface area contributed by atoms with Crippen molar-refractivity contribution in [2.75, 3.05) is 36.8 Å². The van der Waals surface area contributed by atoms with Crippen LogP contribution < -0.4 is 26.8 Å². The van der Waals surface area contributed by atoms with Crippen molar-refractivity contribution in [2.24, 2.45) is 0 Å².